The third kappa shape index (κ3) is 2.67. The van der Waals surface area contributed by atoms with Gasteiger partial charge in [-0.05, 0) is 33.0 Å². The summed E-state index contributed by atoms with van der Waals surface area (Å²) < 4.78 is 0. The first-order valence-electron chi connectivity index (χ1n) is 4.67. The normalized spacial score (nSPS) is 20.2. The monoisotopic (exact) mass is 186 g/mol. The molecule has 0 saturated carbocycles. The molecule has 1 fully saturated rings. The molecule has 0 bridgehead atoms. The maximum atomic E-state index is 11.1. The van der Waals surface area contributed by atoms with Gasteiger partial charge in [-0.3, -0.25) is 9.63 Å². The van der Waals surface area contributed by atoms with Crippen molar-refractivity contribution in [3.63, 3.8) is 0 Å². The molecule has 1 amide bonds. The van der Waals surface area contributed by atoms with Crippen molar-refractivity contribution in [2.75, 3.05) is 27.2 Å². The molecule has 4 heteroatoms. The smallest absolute Gasteiger partial charge is 0.243 e. The van der Waals surface area contributed by atoms with Gasteiger partial charge in [0.25, 0.3) is 0 Å². The zero-order valence-corrected chi connectivity index (χ0v) is 8.62. The van der Waals surface area contributed by atoms with Gasteiger partial charge in [0.1, 0.15) is 0 Å². The molecule has 0 atom stereocenters. The summed E-state index contributed by atoms with van der Waals surface area (Å²) in [6, 6.07) is 0.263. The quantitative estimate of drug-likeness (QED) is 0.588. The Morgan fingerprint density at radius 3 is 2.38 bits per heavy atom. The molecule has 1 aliphatic heterocycles. The van der Waals surface area contributed by atoms with Crippen LogP contribution in [0.3, 0.4) is 0 Å². The van der Waals surface area contributed by atoms with Crippen molar-refractivity contribution in [3.05, 3.63) is 0 Å². The summed E-state index contributed by atoms with van der Waals surface area (Å²) in [5.41, 5.74) is 0. The van der Waals surface area contributed by atoms with E-state index in [0.717, 1.165) is 25.9 Å². The van der Waals surface area contributed by atoms with Crippen LogP contribution in [0.2, 0.25) is 0 Å². The van der Waals surface area contributed by atoms with E-state index in [2.05, 4.69) is 11.9 Å². The van der Waals surface area contributed by atoms with Crippen LogP contribution in [0.25, 0.3) is 0 Å². The summed E-state index contributed by atoms with van der Waals surface area (Å²) in [7, 11) is 3.65. The summed E-state index contributed by atoms with van der Waals surface area (Å²) in [6.07, 6.45) is 2.01. The van der Waals surface area contributed by atoms with E-state index in [-0.39, 0.29) is 11.9 Å². The Balaban J connectivity index is 2.46. The molecule has 0 aromatic carbocycles. The molecule has 0 unspecified atom stereocenters. The lowest BCUT2D eigenvalue weighted by atomic mass is 10.1. The number of likely N-dealkylation sites (tertiary alicyclic amines) is 1. The molecule has 0 spiro atoms. The van der Waals surface area contributed by atoms with Gasteiger partial charge in [-0.2, -0.15) is 0 Å². The first kappa shape index (κ1) is 10.5. The van der Waals surface area contributed by atoms with E-state index < -0.39 is 0 Å². The summed E-state index contributed by atoms with van der Waals surface area (Å²) in [4.78, 5) is 18.5. The van der Waals surface area contributed by atoms with Gasteiger partial charge in [0.05, 0.1) is 13.2 Å². The highest BCUT2D eigenvalue weighted by molar-refractivity contribution is 5.72. The number of carbonyl (C=O) groups is 1. The minimum Gasteiger partial charge on any atom is -0.306 e. The van der Waals surface area contributed by atoms with E-state index >= 15 is 0 Å². The van der Waals surface area contributed by atoms with Crippen LogP contribution in [0.5, 0.6) is 0 Å². The zero-order valence-electron chi connectivity index (χ0n) is 8.62. The average molecular weight is 186 g/mol. The minimum absolute atomic E-state index is 0.00273. The van der Waals surface area contributed by atoms with Crippen LogP contribution < -0.4 is 0 Å². The van der Waals surface area contributed by atoms with E-state index in [0.29, 0.717) is 0 Å². The average Bonchev–Trinajstić information content (AvgIpc) is 2.09. The van der Waals surface area contributed by atoms with E-state index in [4.69, 9.17) is 4.84 Å². The summed E-state index contributed by atoms with van der Waals surface area (Å²) in [6.45, 7) is 3.62. The second kappa shape index (κ2) is 4.58. The Kier molecular flexibility index (Phi) is 3.69. The Bertz CT molecular complexity index is 176. The van der Waals surface area contributed by atoms with Crippen molar-refractivity contribution in [3.8, 4) is 0 Å². The van der Waals surface area contributed by atoms with Gasteiger partial charge in [0.2, 0.25) is 5.91 Å². The first-order chi connectivity index (χ1) is 6.15. The standard InChI is InChI=1S/C9H18N2O2/c1-8(12)11(13-3)9-4-6-10(2)7-5-9/h9H,4-7H2,1-3H3. The van der Waals surface area contributed by atoms with Crippen molar-refractivity contribution in [2.45, 2.75) is 25.8 Å². The lowest BCUT2D eigenvalue weighted by molar-refractivity contribution is -0.190. The topological polar surface area (TPSA) is 32.8 Å². The highest BCUT2D eigenvalue weighted by atomic mass is 16.7. The van der Waals surface area contributed by atoms with E-state index in [1.165, 1.54) is 5.06 Å². The van der Waals surface area contributed by atoms with Crippen molar-refractivity contribution in [2.24, 2.45) is 0 Å². The number of hydrogen-bond donors (Lipinski definition) is 0. The third-order valence-corrected chi connectivity index (χ3v) is 2.53. The fraction of sp³-hybridized carbons (Fsp3) is 0.889. The lowest BCUT2D eigenvalue weighted by Crippen LogP contribution is -2.45. The highest BCUT2D eigenvalue weighted by Gasteiger charge is 2.24. The van der Waals surface area contributed by atoms with E-state index in [1.807, 2.05) is 0 Å². The van der Waals surface area contributed by atoms with Crippen LogP contribution in [-0.2, 0) is 9.63 Å². The van der Waals surface area contributed by atoms with Gasteiger partial charge in [0.15, 0.2) is 0 Å². The van der Waals surface area contributed by atoms with Gasteiger partial charge >= 0.3 is 0 Å². The molecule has 1 aliphatic rings. The van der Waals surface area contributed by atoms with E-state index in [9.17, 15) is 4.79 Å². The molecular formula is C9H18N2O2. The molecule has 4 nitrogen and oxygen atoms in total. The number of amides is 1. The Morgan fingerprint density at radius 1 is 1.46 bits per heavy atom. The number of hydrogen-bond acceptors (Lipinski definition) is 3. The van der Waals surface area contributed by atoms with E-state index in [1.54, 1.807) is 14.0 Å². The molecule has 76 valence electrons. The van der Waals surface area contributed by atoms with Crippen LogP contribution in [0.15, 0.2) is 0 Å². The molecule has 0 aromatic heterocycles. The van der Waals surface area contributed by atoms with Gasteiger partial charge in [-0.25, -0.2) is 5.06 Å². The summed E-state index contributed by atoms with van der Waals surface area (Å²) in [5.74, 6) is -0.00273. The number of carbonyl (C=O) groups excluding carboxylic acids is 1. The molecule has 1 rings (SSSR count). The molecule has 0 aromatic rings. The molecule has 0 radical (unpaired) electrons. The van der Waals surface area contributed by atoms with Crippen LogP contribution in [0.4, 0.5) is 0 Å². The predicted octanol–water partition coefficient (Wildman–Crippen LogP) is 0.490. The highest BCUT2D eigenvalue weighted by Crippen LogP contribution is 2.15. The minimum atomic E-state index is -0.00273. The summed E-state index contributed by atoms with van der Waals surface area (Å²) in [5, 5.41) is 1.49. The predicted molar refractivity (Wildman–Crippen MR) is 50.0 cm³/mol. The molecule has 1 heterocycles. The molecular weight excluding hydrogens is 168 g/mol. The first-order valence-corrected chi connectivity index (χ1v) is 4.67. The third-order valence-electron chi connectivity index (χ3n) is 2.53. The van der Waals surface area contributed by atoms with Crippen LogP contribution >= 0.6 is 0 Å². The Hall–Kier alpha value is -0.610. The summed E-state index contributed by atoms with van der Waals surface area (Å²) >= 11 is 0. The van der Waals surface area contributed by atoms with Crippen LogP contribution in [0, 0.1) is 0 Å². The lowest BCUT2D eigenvalue weighted by Gasteiger charge is -2.34. The van der Waals surface area contributed by atoms with Crippen LogP contribution in [0.1, 0.15) is 19.8 Å². The molecule has 1 saturated heterocycles. The number of hydroxylamine groups is 2. The number of nitrogens with zero attached hydrogens (tertiary/aromatic N) is 2. The van der Waals surface area contributed by atoms with Gasteiger partial charge < -0.3 is 4.90 Å². The Labute approximate surface area is 79.4 Å². The fourth-order valence-corrected chi connectivity index (χ4v) is 1.76. The second-order valence-electron chi connectivity index (χ2n) is 3.56. The number of rotatable bonds is 2. The van der Waals surface area contributed by atoms with Gasteiger partial charge in [-0.1, -0.05) is 0 Å². The van der Waals surface area contributed by atoms with Crippen molar-refractivity contribution >= 4 is 5.91 Å². The van der Waals surface area contributed by atoms with Crippen molar-refractivity contribution in [1.82, 2.24) is 9.96 Å². The zero-order chi connectivity index (χ0) is 9.84. The van der Waals surface area contributed by atoms with Gasteiger partial charge in [0, 0.05) is 6.92 Å². The fourth-order valence-electron chi connectivity index (χ4n) is 1.76. The Morgan fingerprint density at radius 2 is 2.00 bits per heavy atom. The number of piperidine rings is 1. The maximum Gasteiger partial charge on any atom is 0.243 e. The maximum absolute atomic E-state index is 11.1. The van der Waals surface area contributed by atoms with Gasteiger partial charge in [-0.15, -0.1) is 0 Å². The molecule has 0 N–H and O–H groups in total. The molecule has 0 aliphatic carbocycles. The van der Waals surface area contributed by atoms with Crippen molar-refractivity contribution in [1.29, 1.82) is 0 Å². The van der Waals surface area contributed by atoms with Crippen LogP contribution in [-0.4, -0.2) is 49.2 Å². The van der Waals surface area contributed by atoms with Crippen molar-refractivity contribution < 1.29 is 9.63 Å². The molecule has 13 heavy (non-hydrogen) atoms. The largest absolute Gasteiger partial charge is 0.306 e. The second-order valence-corrected chi connectivity index (χ2v) is 3.56. The SMILES string of the molecule is CON(C(C)=O)C1CCN(C)CC1.